The van der Waals surface area contributed by atoms with E-state index in [2.05, 4.69) is 38.2 Å². The van der Waals surface area contributed by atoms with Crippen molar-refractivity contribution in [2.24, 2.45) is 17.8 Å². The van der Waals surface area contributed by atoms with Crippen LogP contribution in [0.2, 0.25) is 0 Å². The van der Waals surface area contributed by atoms with E-state index in [0.29, 0.717) is 37.5 Å². The molecule has 0 aromatic rings. The molecule has 4 atom stereocenters. The lowest BCUT2D eigenvalue weighted by Gasteiger charge is -2.26. The molecular formula is C17H33NO3. The van der Waals surface area contributed by atoms with Gasteiger partial charge in [-0.05, 0) is 30.6 Å². The standard InChI is InChI=1S/C17H33NO3/c1-13(2)17(12-20-4)18-9-16(19)11-21-10-15-8-6-5-7-14(15)3/h5-6,13-19H,7-12H2,1-4H3. The summed E-state index contributed by atoms with van der Waals surface area (Å²) in [6.45, 7) is 8.93. The fraction of sp³-hybridized carbons (Fsp3) is 0.882. The number of nitrogens with one attached hydrogen (secondary N) is 1. The highest BCUT2D eigenvalue weighted by atomic mass is 16.5. The molecule has 0 radical (unpaired) electrons. The first kappa shape index (κ1) is 18.6. The molecule has 124 valence electrons. The molecule has 0 saturated heterocycles. The maximum Gasteiger partial charge on any atom is 0.0897 e. The molecule has 1 rings (SSSR count). The van der Waals surface area contributed by atoms with Gasteiger partial charge in [0.25, 0.3) is 0 Å². The Bertz CT molecular complexity index is 294. The third-order valence-corrected chi connectivity index (χ3v) is 4.33. The van der Waals surface area contributed by atoms with Crippen LogP contribution in [0.15, 0.2) is 12.2 Å². The Balaban J connectivity index is 2.15. The molecule has 0 bridgehead atoms. The van der Waals surface area contributed by atoms with E-state index in [0.717, 1.165) is 19.4 Å². The molecule has 0 saturated carbocycles. The summed E-state index contributed by atoms with van der Waals surface area (Å²) in [5.74, 6) is 1.75. The van der Waals surface area contributed by atoms with Crippen molar-refractivity contribution >= 4 is 0 Å². The molecule has 0 aliphatic heterocycles. The van der Waals surface area contributed by atoms with E-state index >= 15 is 0 Å². The molecule has 4 heteroatoms. The van der Waals surface area contributed by atoms with E-state index in [1.807, 2.05) is 0 Å². The van der Waals surface area contributed by atoms with Crippen molar-refractivity contribution in [3.8, 4) is 0 Å². The van der Waals surface area contributed by atoms with Gasteiger partial charge in [-0.2, -0.15) is 0 Å². The minimum atomic E-state index is -0.461. The van der Waals surface area contributed by atoms with Crippen LogP contribution in [-0.4, -0.2) is 50.7 Å². The average Bonchev–Trinajstić information content (AvgIpc) is 2.45. The Kier molecular flexibility index (Phi) is 9.16. The number of hydrogen-bond acceptors (Lipinski definition) is 4. The van der Waals surface area contributed by atoms with Crippen LogP contribution in [0.4, 0.5) is 0 Å². The SMILES string of the molecule is COCC(NCC(O)COCC1CC=CCC1C)C(C)C. The Labute approximate surface area is 129 Å². The summed E-state index contributed by atoms with van der Waals surface area (Å²) in [7, 11) is 1.70. The molecule has 1 aliphatic carbocycles. The minimum absolute atomic E-state index is 0.271. The number of hydrogen-bond donors (Lipinski definition) is 2. The summed E-state index contributed by atoms with van der Waals surface area (Å²) in [6.07, 6.45) is 6.27. The molecular weight excluding hydrogens is 266 g/mol. The molecule has 0 aromatic heterocycles. The monoisotopic (exact) mass is 299 g/mol. The van der Waals surface area contributed by atoms with Gasteiger partial charge in [0.15, 0.2) is 0 Å². The average molecular weight is 299 g/mol. The van der Waals surface area contributed by atoms with E-state index in [-0.39, 0.29) is 6.04 Å². The highest BCUT2D eigenvalue weighted by molar-refractivity contribution is 4.93. The van der Waals surface area contributed by atoms with Crippen LogP contribution < -0.4 is 5.32 Å². The van der Waals surface area contributed by atoms with Crippen LogP contribution in [0.25, 0.3) is 0 Å². The van der Waals surface area contributed by atoms with Crippen molar-refractivity contribution < 1.29 is 14.6 Å². The summed E-state index contributed by atoms with van der Waals surface area (Å²) in [5.41, 5.74) is 0. The number of ether oxygens (including phenoxy) is 2. The highest BCUT2D eigenvalue weighted by Gasteiger charge is 2.19. The largest absolute Gasteiger partial charge is 0.389 e. The zero-order valence-corrected chi connectivity index (χ0v) is 14.0. The van der Waals surface area contributed by atoms with Gasteiger partial charge in [0, 0.05) is 19.7 Å². The third kappa shape index (κ3) is 7.41. The predicted octanol–water partition coefficient (Wildman–Crippen LogP) is 2.23. The van der Waals surface area contributed by atoms with Gasteiger partial charge in [0.2, 0.25) is 0 Å². The Morgan fingerprint density at radius 1 is 1.24 bits per heavy atom. The van der Waals surface area contributed by atoms with Gasteiger partial charge in [-0.15, -0.1) is 0 Å². The Morgan fingerprint density at radius 3 is 2.57 bits per heavy atom. The molecule has 0 fully saturated rings. The second-order valence-corrected chi connectivity index (χ2v) is 6.59. The molecule has 4 nitrogen and oxygen atoms in total. The van der Waals surface area contributed by atoms with Gasteiger partial charge in [-0.3, -0.25) is 0 Å². The van der Waals surface area contributed by atoms with Crippen LogP contribution in [0, 0.1) is 17.8 Å². The number of aliphatic hydroxyl groups is 1. The van der Waals surface area contributed by atoms with Crippen molar-refractivity contribution in [2.45, 2.75) is 45.8 Å². The second-order valence-electron chi connectivity index (χ2n) is 6.59. The molecule has 0 heterocycles. The fourth-order valence-electron chi connectivity index (χ4n) is 2.61. The zero-order valence-electron chi connectivity index (χ0n) is 14.0. The van der Waals surface area contributed by atoms with E-state index in [1.54, 1.807) is 7.11 Å². The number of rotatable bonds is 10. The van der Waals surface area contributed by atoms with Crippen molar-refractivity contribution in [3.05, 3.63) is 12.2 Å². The molecule has 2 N–H and O–H groups in total. The number of allylic oxidation sites excluding steroid dienone is 2. The maximum atomic E-state index is 10.0. The lowest BCUT2D eigenvalue weighted by molar-refractivity contribution is 0.00984. The highest BCUT2D eigenvalue weighted by Crippen LogP contribution is 2.24. The summed E-state index contributed by atoms with van der Waals surface area (Å²) >= 11 is 0. The summed E-state index contributed by atoms with van der Waals surface area (Å²) in [4.78, 5) is 0. The predicted molar refractivity (Wildman–Crippen MR) is 86.4 cm³/mol. The first-order valence-electron chi connectivity index (χ1n) is 8.17. The summed E-state index contributed by atoms with van der Waals surface area (Å²) in [6, 6.07) is 0.271. The van der Waals surface area contributed by atoms with Crippen molar-refractivity contribution in [3.63, 3.8) is 0 Å². The van der Waals surface area contributed by atoms with Crippen molar-refractivity contribution in [2.75, 3.05) is 33.5 Å². The molecule has 0 aromatic carbocycles. The maximum absolute atomic E-state index is 10.0. The van der Waals surface area contributed by atoms with E-state index < -0.39 is 6.10 Å². The van der Waals surface area contributed by atoms with Gasteiger partial charge in [-0.1, -0.05) is 32.9 Å². The van der Waals surface area contributed by atoms with Crippen molar-refractivity contribution in [1.82, 2.24) is 5.32 Å². The first-order valence-corrected chi connectivity index (χ1v) is 8.17. The zero-order chi connectivity index (χ0) is 15.7. The quantitative estimate of drug-likeness (QED) is 0.607. The topological polar surface area (TPSA) is 50.7 Å². The Hall–Kier alpha value is -0.420. The van der Waals surface area contributed by atoms with Gasteiger partial charge in [0.05, 0.1) is 25.9 Å². The Morgan fingerprint density at radius 2 is 1.95 bits per heavy atom. The van der Waals surface area contributed by atoms with Gasteiger partial charge < -0.3 is 19.9 Å². The molecule has 1 aliphatic rings. The lowest BCUT2D eigenvalue weighted by Crippen LogP contribution is -2.43. The third-order valence-electron chi connectivity index (χ3n) is 4.33. The van der Waals surface area contributed by atoms with Crippen LogP contribution in [-0.2, 0) is 9.47 Å². The van der Waals surface area contributed by atoms with Gasteiger partial charge in [0.1, 0.15) is 0 Å². The normalized spacial score (nSPS) is 25.2. The second kappa shape index (κ2) is 10.3. The smallest absolute Gasteiger partial charge is 0.0897 e. The molecule has 0 spiro atoms. The number of aliphatic hydroxyl groups excluding tert-OH is 1. The number of methoxy groups -OCH3 is 1. The summed E-state index contributed by atoms with van der Waals surface area (Å²) in [5, 5.41) is 13.4. The van der Waals surface area contributed by atoms with Crippen LogP contribution in [0.5, 0.6) is 0 Å². The van der Waals surface area contributed by atoms with Crippen LogP contribution in [0.3, 0.4) is 0 Å². The van der Waals surface area contributed by atoms with Gasteiger partial charge >= 0.3 is 0 Å². The van der Waals surface area contributed by atoms with Gasteiger partial charge in [-0.25, -0.2) is 0 Å². The molecule has 0 amide bonds. The first-order chi connectivity index (χ1) is 10.0. The van der Waals surface area contributed by atoms with E-state index in [4.69, 9.17) is 9.47 Å². The summed E-state index contributed by atoms with van der Waals surface area (Å²) < 4.78 is 10.9. The van der Waals surface area contributed by atoms with Crippen molar-refractivity contribution in [1.29, 1.82) is 0 Å². The molecule has 4 unspecified atom stereocenters. The lowest BCUT2D eigenvalue weighted by atomic mass is 9.85. The van der Waals surface area contributed by atoms with Crippen LogP contribution >= 0.6 is 0 Å². The van der Waals surface area contributed by atoms with E-state index in [9.17, 15) is 5.11 Å². The van der Waals surface area contributed by atoms with E-state index in [1.165, 1.54) is 0 Å². The minimum Gasteiger partial charge on any atom is -0.389 e. The molecule has 21 heavy (non-hydrogen) atoms. The van der Waals surface area contributed by atoms with Crippen LogP contribution in [0.1, 0.15) is 33.6 Å². The fourth-order valence-corrected chi connectivity index (χ4v) is 2.61.